The van der Waals surface area contributed by atoms with Crippen LogP contribution in [-0.2, 0) is 6.61 Å². The molecule has 1 unspecified atom stereocenters. The zero-order valence-corrected chi connectivity index (χ0v) is 18.9. The largest absolute Gasteiger partial charge is 0.507 e. The van der Waals surface area contributed by atoms with Gasteiger partial charge in [0, 0.05) is 24.0 Å². The molecule has 5 rings (SSSR count). The van der Waals surface area contributed by atoms with Crippen LogP contribution in [0.15, 0.2) is 95.7 Å². The second kappa shape index (κ2) is 9.74. The van der Waals surface area contributed by atoms with Crippen LogP contribution >= 0.6 is 0 Å². The molecule has 0 bridgehead atoms. The number of hydrogen-bond donors (Lipinski definition) is 2. The topological polar surface area (TPSA) is 97.1 Å². The predicted octanol–water partition coefficient (Wildman–Crippen LogP) is 4.71. The van der Waals surface area contributed by atoms with E-state index in [2.05, 4.69) is 10.4 Å². The van der Waals surface area contributed by atoms with E-state index in [1.54, 1.807) is 62.0 Å². The summed E-state index contributed by atoms with van der Waals surface area (Å²) in [5.74, 6) is 1.60. The lowest BCUT2D eigenvalue weighted by Crippen LogP contribution is -2.38. The Labute approximate surface area is 202 Å². The van der Waals surface area contributed by atoms with Crippen LogP contribution in [0.2, 0.25) is 0 Å². The smallest absolute Gasteiger partial charge is 0.308 e. The normalized spacial score (nSPS) is 15.1. The lowest BCUT2D eigenvalue weighted by atomic mass is 10.1. The van der Waals surface area contributed by atoms with Crippen molar-refractivity contribution in [2.45, 2.75) is 12.6 Å². The summed E-state index contributed by atoms with van der Waals surface area (Å²) in [5.41, 5.74) is 5.12. The van der Waals surface area contributed by atoms with Crippen molar-refractivity contribution in [2.75, 3.05) is 7.11 Å². The molecular formula is C27H23N3O5. The number of pyridine rings is 1. The number of carbonyl (C=O) groups excluding carboxylic acids is 1. The van der Waals surface area contributed by atoms with Gasteiger partial charge in [-0.2, -0.15) is 0 Å². The summed E-state index contributed by atoms with van der Waals surface area (Å²) in [5, 5.41) is 11.8. The number of benzene rings is 2. The quantitative estimate of drug-likeness (QED) is 0.405. The summed E-state index contributed by atoms with van der Waals surface area (Å²) in [7, 11) is 1.59. The van der Waals surface area contributed by atoms with Gasteiger partial charge < -0.3 is 19.0 Å². The Hall–Kier alpha value is -4.56. The number of phenols is 1. The summed E-state index contributed by atoms with van der Waals surface area (Å²) in [6.07, 6.45) is 5.29. The first-order valence-electron chi connectivity index (χ1n) is 11.0. The fourth-order valence-corrected chi connectivity index (χ4v) is 3.80. The number of methoxy groups -OCH3 is 1. The van der Waals surface area contributed by atoms with E-state index < -0.39 is 5.91 Å². The number of para-hydroxylation sites is 1. The van der Waals surface area contributed by atoms with E-state index in [9.17, 15) is 9.90 Å². The highest BCUT2D eigenvalue weighted by molar-refractivity contribution is 5.98. The summed E-state index contributed by atoms with van der Waals surface area (Å²) in [4.78, 5) is 17.6. The molecule has 0 radical (unpaired) electrons. The maximum Gasteiger partial charge on any atom is 0.308 e. The molecule has 3 heterocycles. The fourth-order valence-electron chi connectivity index (χ4n) is 3.80. The van der Waals surface area contributed by atoms with Crippen LogP contribution in [0.1, 0.15) is 33.5 Å². The number of carbonyl (C=O) groups is 1. The Morgan fingerprint density at radius 2 is 1.94 bits per heavy atom. The van der Waals surface area contributed by atoms with Gasteiger partial charge in [0.1, 0.15) is 29.6 Å². The number of hydrogen-bond acceptors (Lipinski definition) is 7. The van der Waals surface area contributed by atoms with E-state index in [1.165, 1.54) is 5.01 Å². The third-order valence-electron chi connectivity index (χ3n) is 5.55. The summed E-state index contributed by atoms with van der Waals surface area (Å²) >= 11 is 0. The predicted molar refractivity (Wildman–Crippen MR) is 128 cm³/mol. The Morgan fingerprint density at radius 1 is 1.09 bits per heavy atom. The molecule has 1 aliphatic heterocycles. The number of aromatic nitrogens is 1. The zero-order valence-electron chi connectivity index (χ0n) is 18.9. The Bertz CT molecular complexity index is 1370. The summed E-state index contributed by atoms with van der Waals surface area (Å²) in [6, 6.07) is 20.8. The first-order chi connectivity index (χ1) is 17.1. The highest BCUT2D eigenvalue weighted by Gasteiger charge is 2.33. The molecule has 176 valence electrons. The molecule has 0 fully saturated rings. The molecule has 1 amide bonds. The van der Waals surface area contributed by atoms with Crippen LogP contribution in [0.4, 0.5) is 0 Å². The molecule has 0 saturated carbocycles. The van der Waals surface area contributed by atoms with Crippen LogP contribution in [0, 0.1) is 0 Å². The third-order valence-corrected chi connectivity index (χ3v) is 5.55. The van der Waals surface area contributed by atoms with Crippen molar-refractivity contribution in [3.63, 3.8) is 0 Å². The van der Waals surface area contributed by atoms with Crippen molar-refractivity contribution in [3.05, 3.63) is 114 Å². The van der Waals surface area contributed by atoms with Gasteiger partial charge in [0.25, 0.3) is 0 Å². The summed E-state index contributed by atoms with van der Waals surface area (Å²) in [6.45, 7) is 0.147. The van der Waals surface area contributed by atoms with Crippen molar-refractivity contribution >= 4 is 11.6 Å². The minimum atomic E-state index is -0.404. The third kappa shape index (κ3) is 4.73. The van der Waals surface area contributed by atoms with Gasteiger partial charge in [-0.15, -0.1) is 0 Å². The van der Waals surface area contributed by atoms with Gasteiger partial charge in [0.2, 0.25) is 0 Å². The lowest BCUT2D eigenvalue weighted by molar-refractivity contribution is 0.0742. The van der Waals surface area contributed by atoms with Crippen molar-refractivity contribution in [1.29, 1.82) is 0 Å². The molecular weight excluding hydrogens is 446 g/mol. The van der Waals surface area contributed by atoms with Crippen LogP contribution in [0.5, 0.6) is 17.2 Å². The van der Waals surface area contributed by atoms with Crippen LogP contribution in [0.25, 0.3) is 5.70 Å². The van der Waals surface area contributed by atoms with Gasteiger partial charge in [0.05, 0.1) is 18.8 Å². The molecule has 2 aromatic carbocycles. The number of ether oxygens (including phenoxy) is 2. The number of nitrogens with zero attached hydrogens (tertiary/aromatic N) is 2. The van der Waals surface area contributed by atoms with Gasteiger partial charge >= 0.3 is 5.91 Å². The molecule has 0 aliphatic carbocycles. The van der Waals surface area contributed by atoms with Crippen molar-refractivity contribution in [2.24, 2.45) is 0 Å². The molecule has 8 nitrogen and oxygen atoms in total. The zero-order chi connectivity index (χ0) is 24.2. The van der Waals surface area contributed by atoms with Crippen LogP contribution in [0.3, 0.4) is 0 Å². The maximum absolute atomic E-state index is 13.5. The standard InChI is InChI=1S/C27H23N3O5/c1-33-19-7-4-8-20(14-19)34-17-21-11-12-26(35-21)27(32)30-24(22-9-2-3-10-25(22)31)15-23(29-30)18-6-5-13-28-16-18/h2-16,23,29,31H,17H2,1H3. The number of phenolic OH excluding ortho intramolecular Hbond substituents is 1. The Morgan fingerprint density at radius 3 is 2.74 bits per heavy atom. The average molecular weight is 469 g/mol. The number of nitrogens with one attached hydrogen (secondary N) is 1. The number of furan rings is 1. The molecule has 2 aromatic heterocycles. The van der Waals surface area contributed by atoms with E-state index in [4.69, 9.17) is 13.9 Å². The molecule has 8 heteroatoms. The maximum atomic E-state index is 13.5. The molecule has 0 spiro atoms. The number of hydrazine groups is 1. The highest BCUT2D eigenvalue weighted by atomic mass is 16.5. The Balaban J connectivity index is 1.37. The molecule has 1 aliphatic rings. The van der Waals surface area contributed by atoms with Gasteiger partial charge in [0.15, 0.2) is 5.76 Å². The fraction of sp³-hybridized carbons (Fsp3) is 0.111. The molecule has 0 saturated heterocycles. The SMILES string of the molecule is COc1cccc(OCc2ccc(C(=O)N3NC(c4cccnc4)C=C3c3ccccc3O)o2)c1. The van der Waals surface area contributed by atoms with Gasteiger partial charge in [-0.05, 0) is 54.1 Å². The van der Waals surface area contributed by atoms with E-state index in [0.29, 0.717) is 28.5 Å². The van der Waals surface area contributed by atoms with E-state index in [1.807, 2.05) is 36.4 Å². The molecule has 2 N–H and O–H groups in total. The van der Waals surface area contributed by atoms with Crippen molar-refractivity contribution in [1.82, 2.24) is 15.4 Å². The van der Waals surface area contributed by atoms with E-state index in [-0.39, 0.29) is 24.2 Å². The minimum Gasteiger partial charge on any atom is -0.507 e. The number of aromatic hydroxyl groups is 1. The molecule has 1 atom stereocenters. The molecule has 35 heavy (non-hydrogen) atoms. The van der Waals surface area contributed by atoms with Gasteiger partial charge in [-0.25, -0.2) is 10.4 Å². The second-order valence-electron chi connectivity index (χ2n) is 7.84. The first-order valence-corrected chi connectivity index (χ1v) is 11.0. The van der Waals surface area contributed by atoms with E-state index in [0.717, 1.165) is 5.56 Å². The van der Waals surface area contributed by atoms with Gasteiger partial charge in [-0.1, -0.05) is 24.3 Å². The molecule has 4 aromatic rings. The Kier molecular flexibility index (Phi) is 6.19. The number of amides is 1. The lowest BCUT2D eigenvalue weighted by Gasteiger charge is -2.21. The minimum absolute atomic E-state index is 0.0667. The van der Waals surface area contributed by atoms with E-state index >= 15 is 0 Å². The summed E-state index contributed by atoms with van der Waals surface area (Å²) < 4.78 is 16.8. The van der Waals surface area contributed by atoms with Gasteiger partial charge in [-0.3, -0.25) is 9.78 Å². The highest BCUT2D eigenvalue weighted by Crippen LogP contribution is 2.35. The number of rotatable bonds is 7. The average Bonchev–Trinajstić information content (AvgIpc) is 3.56. The second-order valence-corrected chi connectivity index (χ2v) is 7.84. The monoisotopic (exact) mass is 469 g/mol. The van der Waals surface area contributed by atoms with Crippen LogP contribution in [-0.4, -0.2) is 28.1 Å². The van der Waals surface area contributed by atoms with Crippen LogP contribution < -0.4 is 14.9 Å². The van der Waals surface area contributed by atoms with Crippen molar-refractivity contribution < 1.29 is 23.8 Å². The van der Waals surface area contributed by atoms with Crippen molar-refractivity contribution in [3.8, 4) is 17.2 Å². The first kappa shape index (κ1) is 22.2.